The van der Waals surface area contributed by atoms with Gasteiger partial charge in [-0.15, -0.1) is 0 Å². The summed E-state index contributed by atoms with van der Waals surface area (Å²) in [6.07, 6.45) is 9.56. The second-order valence-electron chi connectivity index (χ2n) is 7.90. The van der Waals surface area contributed by atoms with Crippen molar-refractivity contribution in [3.8, 4) is 0 Å². The summed E-state index contributed by atoms with van der Waals surface area (Å²) in [7, 11) is 0. The van der Waals surface area contributed by atoms with E-state index in [1.54, 1.807) is 30.5 Å². The van der Waals surface area contributed by atoms with Crippen LogP contribution in [0.25, 0.3) is 0 Å². The van der Waals surface area contributed by atoms with E-state index >= 15 is 0 Å². The molecule has 1 heterocycles. The molecule has 0 spiro atoms. The molecule has 0 aromatic heterocycles. The standard InChI is InChI=1S/C25H22N4O5/c30-24(17-9-6-10-18(13-17)29(33)34)28-27-23(16-7-2-1-3-8-16)14-20(25(31)32)21-15-26-22-12-5-4-11-19(21)22/h1-13,15,19-20,22,26H,14H2,(H,28,30)(H,31,32)/b27-23+/t19-,20+,22+/m1/s1. The average Bonchev–Trinajstić information content (AvgIpc) is 3.28. The first-order chi connectivity index (χ1) is 16.4. The van der Waals surface area contributed by atoms with Crippen molar-refractivity contribution >= 4 is 23.3 Å². The molecular weight excluding hydrogens is 436 g/mol. The second kappa shape index (κ2) is 9.95. The Morgan fingerprint density at radius 3 is 2.56 bits per heavy atom. The van der Waals surface area contributed by atoms with E-state index in [2.05, 4.69) is 15.8 Å². The normalized spacial score (nSPS) is 19.5. The third-order valence-corrected chi connectivity index (χ3v) is 5.78. The molecule has 2 aromatic carbocycles. The Morgan fingerprint density at radius 2 is 1.82 bits per heavy atom. The van der Waals surface area contributed by atoms with Crippen molar-refractivity contribution in [2.24, 2.45) is 16.9 Å². The molecule has 1 amide bonds. The molecule has 9 heteroatoms. The molecule has 1 aliphatic carbocycles. The Balaban J connectivity index is 1.60. The number of allylic oxidation sites excluding steroid dienone is 2. The smallest absolute Gasteiger partial charge is 0.311 e. The van der Waals surface area contributed by atoms with Gasteiger partial charge in [-0.3, -0.25) is 19.7 Å². The number of fused-ring (bicyclic) bond motifs is 1. The number of nitrogens with zero attached hydrogens (tertiary/aromatic N) is 2. The molecule has 2 aromatic rings. The number of nitro benzene ring substituents is 1. The minimum absolute atomic E-state index is 0.00698. The monoisotopic (exact) mass is 458 g/mol. The fourth-order valence-electron chi connectivity index (χ4n) is 4.05. The minimum atomic E-state index is -0.995. The summed E-state index contributed by atoms with van der Waals surface area (Å²) in [5, 5.41) is 28.5. The number of nitro groups is 1. The fraction of sp³-hybridized carbons (Fsp3) is 0.160. The van der Waals surface area contributed by atoms with Crippen LogP contribution in [0.15, 0.2) is 95.8 Å². The topological polar surface area (TPSA) is 134 Å². The number of hydrazone groups is 1. The number of aliphatic carboxylic acids is 1. The minimum Gasteiger partial charge on any atom is -0.481 e. The highest BCUT2D eigenvalue weighted by Crippen LogP contribution is 2.34. The third kappa shape index (κ3) is 4.93. The van der Waals surface area contributed by atoms with E-state index in [1.165, 1.54) is 18.2 Å². The first kappa shape index (κ1) is 22.7. The molecule has 3 N–H and O–H groups in total. The molecular formula is C25H22N4O5. The molecule has 0 radical (unpaired) electrons. The van der Waals surface area contributed by atoms with Gasteiger partial charge >= 0.3 is 5.97 Å². The Bertz CT molecular complexity index is 1230. The summed E-state index contributed by atoms with van der Waals surface area (Å²) in [6.45, 7) is 0. The number of non-ortho nitro benzene ring substituents is 1. The van der Waals surface area contributed by atoms with Crippen molar-refractivity contribution in [2.45, 2.75) is 12.5 Å². The van der Waals surface area contributed by atoms with Crippen LogP contribution in [-0.4, -0.2) is 33.7 Å². The van der Waals surface area contributed by atoms with Gasteiger partial charge in [-0.25, -0.2) is 5.43 Å². The van der Waals surface area contributed by atoms with Crippen LogP contribution in [0.3, 0.4) is 0 Å². The van der Waals surface area contributed by atoms with E-state index in [0.29, 0.717) is 11.3 Å². The lowest BCUT2D eigenvalue weighted by Crippen LogP contribution is -2.29. The van der Waals surface area contributed by atoms with Gasteiger partial charge in [0.1, 0.15) is 0 Å². The number of nitrogens with one attached hydrogen (secondary N) is 2. The number of carbonyl (C=O) groups excluding carboxylic acids is 1. The number of carboxylic acid groups (broad SMARTS) is 1. The SMILES string of the molecule is O=C(N/N=C(\C[C@H](C(=O)O)C1=CN[C@H]2C=CC=C[C@H]12)c1ccccc1)c1cccc([N+](=O)[O-])c1. The summed E-state index contributed by atoms with van der Waals surface area (Å²) in [5.74, 6) is -2.58. The van der Waals surface area contributed by atoms with Crippen LogP contribution in [0.4, 0.5) is 5.69 Å². The highest BCUT2D eigenvalue weighted by molar-refractivity contribution is 6.04. The highest BCUT2D eigenvalue weighted by atomic mass is 16.6. The molecule has 0 saturated heterocycles. The molecule has 172 valence electrons. The summed E-state index contributed by atoms with van der Waals surface area (Å²) in [4.78, 5) is 35.3. The fourth-order valence-corrected chi connectivity index (χ4v) is 4.05. The van der Waals surface area contributed by atoms with Crippen LogP contribution in [-0.2, 0) is 4.79 Å². The number of amides is 1. The summed E-state index contributed by atoms with van der Waals surface area (Å²) in [5.41, 5.74) is 4.06. The van der Waals surface area contributed by atoms with Gasteiger partial charge in [0.05, 0.1) is 22.6 Å². The van der Waals surface area contributed by atoms with Crippen LogP contribution >= 0.6 is 0 Å². The van der Waals surface area contributed by atoms with Crippen LogP contribution in [0.5, 0.6) is 0 Å². The number of hydrogen-bond acceptors (Lipinski definition) is 6. The number of hydrogen-bond donors (Lipinski definition) is 3. The van der Waals surface area contributed by atoms with E-state index < -0.39 is 22.7 Å². The van der Waals surface area contributed by atoms with Gasteiger partial charge in [0.25, 0.3) is 11.6 Å². The molecule has 0 unspecified atom stereocenters. The second-order valence-corrected chi connectivity index (χ2v) is 7.90. The van der Waals surface area contributed by atoms with Crippen molar-refractivity contribution in [3.05, 3.63) is 112 Å². The Labute approximate surface area is 195 Å². The quantitative estimate of drug-likeness (QED) is 0.315. The maximum atomic E-state index is 12.6. The lowest BCUT2D eigenvalue weighted by molar-refractivity contribution is -0.384. The molecule has 2 aliphatic rings. The zero-order chi connectivity index (χ0) is 24.1. The molecule has 9 nitrogen and oxygen atoms in total. The molecule has 1 aliphatic heterocycles. The maximum Gasteiger partial charge on any atom is 0.311 e. The van der Waals surface area contributed by atoms with Crippen molar-refractivity contribution in [2.75, 3.05) is 0 Å². The first-order valence-corrected chi connectivity index (χ1v) is 10.6. The molecule has 0 bridgehead atoms. The lowest BCUT2D eigenvalue weighted by atomic mass is 9.81. The predicted molar refractivity (Wildman–Crippen MR) is 126 cm³/mol. The largest absolute Gasteiger partial charge is 0.481 e. The number of benzene rings is 2. The van der Waals surface area contributed by atoms with E-state index in [9.17, 15) is 24.8 Å². The molecule has 3 atom stereocenters. The van der Waals surface area contributed by atoms with Crippen LogP contribution in [0.2, 0.25) is 0 Å². The number of carbonyl (C=O) groups is 2. The van der Waals surface area contributed by atoms with Crippen molar-refractivity contribution in [1.29, 1.82) is 0 Å². The maximum absolute atomic E-state index is 12.6. The van der Waals surface area contributed by atoms with Crippen LogP contribution < -0.4 is 10.7 Å². The van der Waals surface area contributed by atoms with Crippen molar-refractivity contribution in [3.63, 3.8) is 0 Å². The highest BCUT2D eigenvalue weighted by Gasteiger charge is 2.36. The Morgan fingerprint density at radius 1 is 1.09 bits per heavy atom. The Kier molecular flexibility index (Phi) is 6.63. The zero-order valence-electron chi connectivity index (χ0n) is 18.0. The first-order valence-electron chi connectivity index (χ1n) is 10.6. The number of rotatable bonds is 8. The molecule has 34 heavy (non-hydrogen) atoms. The van der Waals surface area contributed by atoms with Gasteiger partial charge in [-0.05, 0) is 23.4 Å². The predicted octanol–water partition coefficient (Wildman–Crippen LogP) is 3.42. The van der Waals surface area contributed by atoms with Gasteiger partial charge in [-0.2, -0.15) is 5.10 Å². The lowest BCUT2D eigenvalue weighted by Gasteiger charge is -2.23. The molecule has 0 saturated carbocycles. The Hall–Kier alpha value is -4.53. The van der Waals surface area contributed by atoms with Crippen LogP contribution in [0, 0.1) is 22.0 Å². The van der Waals surface area contributed by atoms with Gasteiger partial charge in [-0.1, -0.05) is 60.7 Å². The van der Waals surface area contributed by atoms with E-state index in [-0.39, 0.29) is 29.6 Å². The zero-order valence-corrected chi connectivity index (χ0v) is 18.0. The van der Waals surface area contributed by atoms with Gasteiger partial charge in [0.15, 0.2) is 0 Å². The van der Waals surface area contributed by atoms with E-state index in [0.717, 1.165) is 11.6 Å². The van der Waals surface area contributed by atoms with Crippen LogP contribution in [0.1, 0.15) is 22.3 Å². The van der Waals surface area contributed by atoms with Crippen molar-refractivity contribution < 1.29 is 19.6 Å². The molecule has 4 rings (SSSR count). The average molecular weight is 458 g/mol. The van der Waals surface area contributed by atoms with E-state index in [4.69, 9.17) is 0 Å². The summed E-state index contributed by atoms with van der Waals surface area (Å²) < 4.78 is 0. The van der Waals surface area contributed by atoms with Gasteiger partial charge < -0.3 is 10.4 Å². The van der Waals surface area contributed by atoms with Crippen molar-refractivity contribution in [1.82, 2.24) is 10.7 Å². The van der Waals surface area contributed by atoms with Gasteiger partial charge in [0.2, 0.25) is 0 Å². The third-order valence-electron chi connectivity index (χ3n) is 5.78. The molecule has 0 fully saturated rings. The number of carboxylic acids is 1. The van der Waals surface area contributed by atoms with E-state index in [1.807, 2.05) is 30.4 Å². The summed E-state index contributed by atoms with van der Waals surface area (Å²) >= 11 is 0. The van der Waals surface area contributed by atoms with Gasteiger partial charge in [0, 0.05) is 30.0 Å². The summed E-state index contributed by atoms with van der Waals surface area (Å²) in [6, 6.07) is 14.3.